The number of nitro groups is 2. The van der Waals surface area contributed by atoms with E-state index in [4.69, 9.17) is 0 Å². The lowest BCUT2D eigenvalue weighted by molar-refractivity contribution is -0.385. The Balaban J connectivity index is 2.01. The first-order valence-electron chi connectivity index (χ1n) is 8.35. The number of allylic oxidation sites excluding steroid dienone is 1. The van der Waals surface area contributed by atoms with Crippen LogP contribution in [0, 0.1) is 20.2 Å². The van der Waals surface area contributed by atoms with Crippen LogP contribution in [0.1, 0.15) is 18.5 Å². The van der Waals surface area contributed by atoms with Crippen molar-refractivity contribution in [2.45, 2.75) is 13.0 Å². The zero-order valence-corrected chi connectivity index (χ0v) is 15.0. The van der Waals surface area contributed by atoms with Gasteiger partial charge in [0.15, 0.2) is 0 Å². The van der Waals surface area contributed by atoms with Crippen molar-refractivity contribution in [1.82, 2.24) is 10.6 Å². The Morgan fingerprint density at radius 1 is 1.07 bits per heavy atom. The fourth-order valence-electron chi connectivity index (χ4n) is 3.02. The number of hydrogen-bond donors (Lipinski definition) is 3. The van der Waals surface area contributed by atoms with E-state index < -0.39 is 27.8 Å². The fraction of sp³-hybridized carbons (Fsp3) is 0.111. The van der Waals surface area contributed by atoms with Crippen molar-refractivity contribution < 1.29 is 19.4 Å². The van der Waals surface area contributed by atoms with Gasteiger partial charge in [0.2, 0.25) is 0 Å². The number of nitro benzene ring substituents is 2. The predicted octanol–water partition coefficient (Wildman–Crippen LogP) is 2.77. The molecule has 0 saturated carbocycles. The number of para-hydroxylation sites is 1. The molecular weight excluding hydrogens is 382 g/mol. The Labute approximate surface area is 163 Å². The number of anilines is 1. The fourth-order valence-corrected chi connectivity index (χ4v) is 3.02. The molecule has 3 N–H and O–H groups in total. The van der Waals surface area contributed by atoms with Gasteiger partial charge in [0, 0.05) is 29.6 Å². The van der Waals surface area contributed by atoms with Gasteiger partial charge in [-0.15, -0.1) is 0 Å². The quantitative estimate of drug-likeness (QED) is 0.520. The summed E-state index contributed by atoms with van der Waals surface area (Å²) in [4.78, 5) is 46.0. The molecule has 11 nitrogen and oxygen atoms in total. The Kier molecular flexibility index (Phi) is 5.21. The summed E-state index contributed by atoms with van der Waals surface area (Å²) >= 11 is 0. The van der Waals surface area contributed by atoms with E-state index in [1.807, 2.05) is 0 Å². The van der Waals surface area contributed by atoms with Crippen LogP contribution in [0.3, 0.4) is 0 Å². The van der Waals surface area contributed by atoms with E-state index in [-0.39, 0.29) is 33.9 Å². The summed E-state index contributed by atoms with van der Waals surface area (Å²) in [6.07, 6.45) is 0. The van der Waals surface area contributed by atoms with Crippen molar-refractivity contribution in [3.8, 4) is 0 Å². The summed E-state index contributed by atoms with van der Waals surface area (Å²) in [6, 6.07) is 9.40. The lowest BCUT2D eigenvalue weighted by atomic mass is 9.93. The Bertz CT molecular complexity index is 1060. The highest BCUT2D eigenvalue weighted by Crippen LogP contribution is 2.33. The molecule has 0 bridgehead atoms. The molecule has 11 heteroatoms. The highest BCUT2D eigenvalue weighted by atomic mass is 16.6. The molecule has 2 aromatic rings. The van der Waals surface area contributed by atoms with Crippen LogP contribution in [0.25, 0.3) is 0 Å². The zero-order valence-electron chi connectivity index (χ0n) is 15.0. The minimum atomic E-state index is -1.08. The molecule has 3 amide bonds. The van der Waals surface area contributed by atoms with Crippen LogP contribution in [0.5, 0.6) is 0 Å². The summed E-state index contributed by atoms with van der Waals surface area (Å²) < 4.78 is 0. The van der Waals surface area contributed by atoms with Crippen molar-refractivity contribution in [2.24, 2.45) is 0 Å². The molecule has 3 rings (SSSR count). The standard InChI is InChI=1S/C18H15N5O6/c1-10-15(17(24)20-11-5-4-6-12(9-11)22(26)27)16(21-18(25)19-10)13-7-2-3-8-14(13)23(28)29/h2-9,16H,1H3,(H,20,24)(H2,19,21,25). The van der Waals surface area contributed by atoms with Crippen molar-refractivity contribution in [2.75, 3.05) is 5.32 Å². The first kappa shape index (κ1) is 19.5. The van der Waals surface area contributed by atoms with Gasteiger partial charge in [0.05, 0.1) is 27.0 Å². The molecule has 0 aliphatic carbocycles. The summed E-state index contributed by atoms with van der Waals surface area (Å²) in [6.45, 7) is 1.49. The molecule has 0 aromatic heterocycles. The van der Waals surface area contributed by atoms with Gasteiger partial charge < -0.3 is 16.0 Å². The smallest absolute Gasteiger partial charge is 0.319 e. The molecule has 0 saturated heterocycles. The summed E-state index contributed by atoms with van der Waals surface area (Å²) in [5, 5.41) is 29.8. The molecule has 1 atom stereocenters. The normalized spacial score (nSPS) is 15.9. The Morgan fingerprint density at radius 2 is 1.79 bits per heavy atom. The topological polar surface area (TPSA) is 157 Å². The first-order chi connectivity index (χ1) is 13.8. The average molecular weight is 397 g/mol. The molecule has 1 aliphatic rings. The lowest BCUT2D eigenvalue weighted by Gasteiger charge is -2.28. The van der Waals surface area contributed by atoms with Crippen LogP contribution in [0.2, 0.25) is 0 Å². The van der Waals surface area contributed by atoms with Crippen molar-refractivity contribution in [3.05, 3.63) is 85.6 Å². The van der Waals surface area contributed by atoms with Crippen molar-refractivity contribution in [1.29, 1.82) is 0 Å². The van der Waals surface area contributed by atoms with E-state index in [0.717, 1.165) is 0 Å². The number of amides is 3. The highest BCUT2D eigenvalue weighted by molar-refractivity contribution is 6.07. The van der Waals surface area contributed by atoms with Crippen LogP contribution < -0.4 is 16.0 Å². The maximum Gasteiger partial charge on any atom is 0.319 e. The molecule has 1 heterocycles. The number of carbonyl (C=O) groups is 2. The summed E-state index contributed by atoms with van der Waals surface area (Å²) in [7, 11) is 0. The third-order valence-electron chi connectivity index (χ3n) is 4.27. The third kappa shape index (κ3) is 4.03. The molecule has 1 aliphatic heterocycles. The van der Waals surface area contributed by atoms with Gasteiger partial charge in [-0.25, -0.2) is 4.79 Å². The number of nitrogens with zero attached hydrogens (tertiary/aromatic N) is 2. The third-order valence-corrected chi connectivity index (χ3v) is 4.27. The second-order valence-electron chi connectivity index (χ2n) is 6.15. The monoisotopic (exact) mass is 397 g/mol. The van der Waals surface area contributed by atoms with Gasteiger partial charge >= 0.3 is 6.03 Å². The predicted molar refractivity (Wildman–Crippen MR) is 102 cm³/mol. The van der Waals surface area contributed by atoms with Gasteiger partial charge in [-0.2, -0.15) is 0 Å². The van der Waals surface area contributed by atoms with Crippen LogP contribution >= 0.6 is 0 Å². The molecule has 148 valence electrons. The number of carbonyl (C=O) groups excluding carboxylic acids is 2. The molecule has 0 radical (unpaired) electrons. The molecule has 29 heavy (non-hydrogen) atoms. The van der Waals surface area contributed by atoms with Crippen molar-refractivity contribution in [3.63, 3.8) is 0 Å². The maximum absolute atomic E-state index is 12.9. The number of urea groups is 1. The number of rotatable bonds is 5. The minimum Gasteiger partial charge on any atom is -0.326 e. The lowest BCUT2D eigenvalue weighted by Crippen LogP contribution is -2.46. The zero-order chi connectivity index (χ0) is 21.1. The first-order valence-corrected chi connectivity index (χ1v) is 8.35. The molecule has 2 aromatic carbocycles. The van der Waals surface area contributed by atoms with Gasteiger partial charge in [-0.05, 0) is 19.1 Å². The van der Waals surface area contributed by atoms with Crippen LogP contribution in [-0.2, 0) is 4.79 Å². The molecular formula is C18H15N5O6. The van der Waals surface area contributed by atoms with Gasteiger partial charge in [0.1, 0.15) is 0 Å². The van der Waals surface area contributed by atoms with Crippen LogP contribution in [0.15, 0.2) is 59.8 Å². The number of hydrogen-bond acceptors (Lipinski definition) is 6. The van der Waals surface area contributed by atoms with Crippen LogP contribution in [-0.4, -0.2) is 21.8 Å². The maximum atomic E-state index is 12.9. The number of non-ortho nitro benzene ring substituents is 1. The van der Waals surface area contributed by atoms with Crippen molar-refractivity contribution >= 4 is 29.0 Å². The number of nitrogens with one attached hydrogen (secondary N) is 3. The average Bonchev–Trinajstić information content (AvgIpc) is 2.67. The van der Waals surface area contributed by atoms with Gasteiger partial charge in [-0.1, -0.05) is 18.2 Å². The Hall–Kier alpha value is -4.28. The highest BCUT2D eigenvalue weighted by Gasteiger charge is 2.35. The number of benzene rings is 2. The second-order valence-corrected chi connectivity index (χ2v) is 6.15. The largest absolute Gasteiger partial charge is 0.326 e. The Morgan fingerprint density at radius 3 is 2.48 bits per heavy atom. The molecule has 0 fully saturated rings. The summed E-state index contributed by atoms with van der Waals surface area (Å²) in [5.41, 5.74) is 0.0933. The van der Waals surface area contributed by atoms with E-state index >= 15 is 0 Å². The van der Waals surface area contributed by atoms with E-state index in [9.17, 15) is 29.8 Å². The molecule has 0 spiro atoms. The summed E-state index contributed by atoms with van der Waals surface area (Å²) in [5.74, 6) is -0.668. The van der Waals surface area contributed by atoms with Gasteiger partial charge in [0.25, 0.3) is 17.3 Å². The van der Waals surface area contributed by atoms with E-state index in [2.05, 4.69) is 16.0 Å². The minimum absolute atomic E-state index is 0.0467. The van der Waals surface area contributed by atoms with Crippen LogP contribution in [0.4, 0.5) is 21.9 Å². The van der Waals surface area contributed by atoms with E-state index in [0.29, 0.717) is 0 Å². The second kappa shape index (κ2) is 7.76. The molecule has 1 unspecified atom stereocenters. The SMILES string of the molecule is CC1=C(C(=O)Nc2cccc([N+](=O)[O-])c2)C(c2ccccc2[N+](=O)[O-])NC(=O)N1. The van der Waals surface area contributed by atoms with E-state index in [1.165, 1.54) is 49.4 Å². The van der Waals surface area contributed by atoms with Gasteiger partial charge in [-0.3, -0.25) is 25.0 Å². The van der Waals surface area contributed by atoms with E-state index in [1.54, 1.807) is 6.07 Å².